The summed E-state index contributed by atoms with van der Waals surface area (Å²) in [5, 5.41) is 3.28. The third-order valence-corrected chi connectivity index (χ3v) is 3.23. The van der Waals surface area contributed by atoms with Crippen LogP contribution in [0.5, 0.6) is 0 Å². The van der Waals surface area contributed by atoms with Crippen LogP contribution in [0, 0.1) is 11.8 Å². The molecule has 96 valence electrons. The van der Waals surface area contributed by atoms with Gasteiger partial charge in [-0.2, -0.15) is 0 Å². The molecule has 5 heteroatoms. The summed E-state index contributed by atoms with van der Waals surface area (Å²) < 4.78 is 0. The van der Waals surface area contributed by atoms with Gasteiger partial charge in [0.25, 0.3) is 0 Å². The first-order valence-corrected chi connectivity index (χ1v) is 6.70. The van der Waals surface area contributed by atoms with Crippen molar-refractivity contribution in [1.29, 1.82) is 0 Å². The summed E-state index contributed by atoms with van der Waals surface area (Å²) in [7, 11) is 0. The van der Waals surface area contributed by atoms with Crippen LogP contribution in [0.15, 0.2) is 24.5 Å². The SMILES string of the molecule is CCc1nc(NC(C)=O)sc1C#Cc1cccnc1. The van der Waals surface area contributed by atoms with E-state index in [0.717, 1.165) is 22.6 Å². The summed E-state index contributed by atoms with van der Waals surface area (Å²) in [6.07, 6.45) is 4.21. The van der Waals surface area contributed by atoms with Gasteiger partial charge in [0.1, 0.15) is 4.88 Å². The molecule has 0 atom stereocenters. The lowest BCUT2D eigenvalue weighted by molar-refractivity contribution is -0.114. The second kappa shape index (κ2) is 6.12. The van der Waals surface area contributed by atoms with E-state index in [4.69, 9.17) is 0 Å². The number of aromatic nitrogens is 2. The van der Waals surface area contributed by atoms with E-state index in [2.05, 4.69) is 27.1 Å². The molecule has 2 aromatic rings. The number of thiazole rings is 1. The zero-order valence-electron chi connectivity index (χ0n) is 10.7. The number of nitrogens with zero attached hydrogens (tertiary/aromatic N) is 2. The predicted molar refractivity (Wildman–Crippen MR) is 76.0 cm³/mol. The Morgan fingerprint density at radius 1 is 1.47 bits per heavy atom. The molecule has 2 heterocycles. The molecular formula is C14H13N3OS. The molecule has 0 unspecified atom stereocenters. The Hall–Kier alpha value is -2.19. The Kier molecular flexibility index (Phi) is 4.26. The van der Waals surface area contributed by atoms with E-state index < -0.39 is 0 Å². The van der Waals surface area contributed by atoms with E-state index in [1.165, 1.54) is 18.3 Å². The first-order valence-electron chi connectivity index (χ1n) is 5.88. The Morgan fingerprint density at radius 3 is 2.95 bits per heavy atom. The summed E-state index contributed by atoms with van der Waals surface area (Å²) in [5.41, 5.74) is 1.77. The molecule has 0 saturated heterocycles. The summed E-state index contributed by atoms with van der Waals surface area (Å²) >= 11 is 1.39. The fourth-order valence-corrected chi connectivity index (χ4v) is 2.41. The van der Waals surface area contributed by atoms with Crippen LogP contribution >= 0.6 is 11.3 Å². The first kappa shape index (κ1) is 13.2. The number of pyridine rings is 1. The van der Waals surface area contributed by atoms with Crippen molar-refractivity contribution in [1.82, 2.24) is 9.97 Å². The highest BCUT2D eigenvalue weighted by atomic mass is 32.1. The molecule has 19 heavy (non-hydrogen) atoms. The number of hydrogen-bond donors (Lipinski definition) is 1. The fraction of sp³-hybridized carbons (Fsp3) is 0.214. The first-order chi connectivity index (χ1) is 9.19. The molecule has 1 N–H and O–H groups in total. The Bertz CT molecular complexity index is 638. The van der Waals surface area contributed by atoms with Crippen LogP contribution in [0.1, 0.15) is 30.0 Å². The summed E-state index contributed by atoms with van der Waals surface area (Å²) in [4.78, 5) is 20.3. The molecule has 0 saturated carbocycles. The average Bonchev–Trinajstić information content (AvgIpc) is 2.79. The van der Waals surface area contributed by atoms with Crippen LogP contribution in [0.2, 0.25) is 0 Å². The van der Waals surface area contributed by atoms with Crippen molar-refractivity contribution in [3.8, 4) is 11.8 Å². The topological polar surface area (TPSA) is 54.9 Å². The maximum Gasteiger partial charge on any atom is 0.223 e. The van der Waals surface area contributed by atoms with Gasteiger partial charge in [-0.25, -0.2) is 4.98 Å². The van der Waals surface area contributed by atoms with Crippen LogP contribution in [-0.2, 0) is 11.2 Å². The highest BCUT2D eigenvalue weighted by molar-refractivity contribution is 7.16. The molecule has 0 aliphatic rings. The number of aryl methyl sites for hydroxylation is 1. The monoisotopic (exact) mass is 271 g/mol. The minimum atomic E-state index is -0.122. The standard InChI is InChI=1S/C14H13N3OS/c1-3-12-13(19-14(17-12)16-10(2)18)7-6-11-5-4-8-15-9-11/h4-5,8-9H,3H2,1-2H3,(H,16,17,18). The van der Waals surface area contributed by atoms with Gasteiger partial charge in [-0.15, -0.1) is 0 Å². The molecule has 0 fully saturated rings. The van der Waals surface area contributed by atoms with Crippen molar-refractivity contribution in [3.63, 3.8) is 0 Å². The average molecular weight is 271 g/mol. The van der Waals surface area contributed by atoms with E-state index in [1.54, 1.807) is 12.4 Å². The molecule has 0 aliphatic heterocycles. The number of amides is 1. The highest BCUT2D eigenvalue weighted by Crippen LogP contribution is 2.22. The maximum atomic E-state index is 11.0. The van der Waals surface area contributed by atoms with E-state index in [-0.39, 0.29) is 5.91 Å². The maximum absolute atomic E-state index is 11.0. The van der Waals surface area contributed by atoms with Crippen LogP contribution in [0.4, 0.5) is 5.13 Å². The predicted octanol–water partition coefficient (Wildman–Crippen LogP) is 2.46. The molecular weight excluding hydrogens is 258 g/mol. The van der Waals surface area contributed by atoms with Crippen LogP contribution < -0.4 is 5.32 Å². The van der Waals surface area contributed by atoms with Crippen molar-refractivity contribution in [2.75, 3.05) is 5.32 Å². The highest BCUT2D eigenvalue weighted by Gasteiger charge is 2.08. The minimum Gasteiger partial charge on any atom is -0.302 e. The normalized spacial score (nSPS) is 9.58. The Balaban J connectivity index is 2.27. The zero-order valence-corrected chi connectivity index (χ0v) is 11.5. The van der Waals surface area contributed by atoms with E-state index >= 15 is 0 Å². The smallest absolute Gasteiger partial charge is 0.223 e. The lowest BCUT2D eigenvalue weighted by atomic mass is 10.2. The quantitative estimate of drug-likeness (QED) is 0.854. The van der Waals surface area contributed by atoms with Crippen LogP contribution in [0.25, 0.3) is 0 Å². The molecule has 1 amide bonds. The zero-order chi connectivity index (χ0) is 13.7. The van der Waals surface area contributed by atoms with Gasteiger partial charge in [-0.05, 0) is 24.5 Å². The third-order valence-electron chi connectivity index (χ3n) is 2.30. The molecule has 2 rings (SSSR count). The molecule has 0 radical (unpaired) electrons. The van der Waals surface area contributed by atoms with Crippen molar-refractivity contribution >= 4 is 22.4 Å². The van der Waals surface area contributed by atoms with Gasteiger partial charge in [0.15, 0.2) is 5.13 Å². The third kappa shape index (κ3) is 3.63. The van der Waals surface area contributed by atoms with E-state index in [0.29, 0.717) is 5.13 Å². The van der Waals surface area contributed by atoms with Crippen LogP contribution in [-0.4, -0.2) is 15.9 Å². The fourth-order valence-electron chi connectivity index (χ4n) is 1.46. The van der Waals surface area contributed by atoms with Gasteiger partial charge in [-0.1, -0.05) is 24.2 Å². The van der Waals surface area contributed by atoms with Crippen molar-refractivity contribution in [3.05, 3.63) is 40.7 Å². The van der Waals surface area contributed by atoms with Crippen molar-refractivity contribution in [2.45, 2.75) is 20.3 Å². The Labute approximate surface area is 115 Å². The van der Waals surface area contributed by atoms with Gasteiger partial charge in [-0.3, -0.25) is 9.78 Å². The molecule has 0 aliphatic carbocycles. The second-order valence-electron chi connectivity index (χ2n) is 3.82. The summed E-state index contributed by atoms with van der Waals surface area (Å²) in [6.45, 7) is 3.48. The van der Waals surface area contributed by atoms with Crippen LogP contribution in [0.3, 0.4) is 0 Å². The summed E-state index contributed by atoms with van der Waals surface area (Å²) in [5.74, 6) is 6.01. The number of anilines is 1. The van der Waals surface area contributed by atoms with Crippen molar-refractivity contribution in [2.24, 2.45) is 0 Å². The number of rotatable bonds is 2. The molecule has 0 spiro atoms. The Morgan fingerprint density at radius 2 is 2.32 bits per heavy atom. The van der Waals surface area contributed by atoms with E-state index in [1.807, 2.05) is 19.1 Å². The number of nitrogens with one attached hydrogen (secondary N) is 1. The largest absolute Gasteiger partial charge is 0.302 e. The lowest BCUT2D eigenvalue weighted by Gasteiger charge is -1.92. The van der Waals surface area contributed by atoms with Gasteiger partial charge in [0, 0.05) is 24.9 Å². The van der Waals surface area contributed by atoms with Gasteiger partial charge < -0.3 is 5.32 Å². The van der Waals surface area contributed by atoms with E-state index in [9.17, 15) is 4.79 Å². The number of hydrogen-bond acceptors (Lipinski definition) is 4. The molecule has 2 aromatic heterocycles. The number of carbonyl (C=O) groups is 1. The summed E-state index contributed by atoms with van der Waals surface area (Å²) in [6, 6.07) is 3.75. The minimum absolute atomic E-state index is 0.122. The number of carbonyl (C=O) groups excluding carboxylic acids is 1. The van der Waals surface area contributed by atoms with Crippen molar-refractivity contribution < 1.29 is 4.79 Å². The molecule has 0 aromatic carbocycles. The van der Waals surface area contributed by atoms with Gasteiger partial charge in [0.2, 0.25) is 5.91 Å². The van der Waals surface area contributed by atoms with Gasteiger partial charge >= 0.3 is 0 Å². The molecule has 0 bridgehead atoms. The second-order valence-corrected chi connectivity index (χ2v) is 4.82. The van der Waals surface area contributed by atoms with Gasteiger partial charge in [0.05, 0.1) is 5.69 Å². The lowest BCUT2D eigenvalue weighted by Crippen LogP contribution is -2.05. The molecule has 4 nitrogen and oxygen atoms in total.